The molecule has 2 nitrogen and oxygen atoms in total. The molecular weight excluding hydrogens is 205 g/mol. The lowest BCUT2D eigenvalue weighted by Crippen LogP contribution is -2.24. The SMILES string of the molecule is CCC1CC1NCC(O)c1cccc(F)c1. The standard InChI is InChI=1S/C13H18FNO/c1-2-9-7-12(9)15-8-13(16)10-4-3-5-11(14)6-10/h3-6,9,12-13,15-16H,2,7-8H2,1H3. The van der Waals surface area contributed by atoms with Gasteiger partial charge in [-0.25, -0.2) is 4.39 Å². The average molecular weight is 223 g/mol. The molecule has 1 aromatic carbocycles. The number of hydrogen-bond acceptors (Lipinski definition) is 2. The summed E-state index contributed by atoms with van der Waals surface area (Å²) in [6.07, 6.45) is 1.77. The molecule has 0 saturated heterocycles. The van der Waals surface area contributed by atoms with E-state index in [2.05, 4.69) is 12.2 Å². The van der Waals surface area contributed by atoms with Crippen LogP contribution in [0, 0.1) is 11.7 Å². The summed E-state index contributed by atoms with van der Waals surface area (Å²) < 4.78 is 12.9. The van der Waals surface area contributed by atoms with Crippen molar-refractivity contribution < 1.29 is 9.50 Å². The third kappa shape index (κ3) is 2.80. The second kappa shape index (κ2) is 4.93. The van der Waals surface area contributed by atoms with Gasteiger partial charge in [0.2, 0.25) is 0 Å². The molecule has 3 heteroatoms. The van der Waals surface area contributed by atoms with Gasteiger partial charge in [-0.3, -0.25) is 0 Å². The first-order chi connectivity index (χ1) is 7.70. The molecule has 0 amide bonds. The lowest BCUT2D eigenvalue weighted by molar-refractivity contribution is 0.173. The van der Waals surface area contributed by atoms with Gasteiger partial charge in [0.05, 0.1) is 6.10 Å². The van der Waals surface area contributed by atoms with E-state index in [1.54, 1.807) is 12.1 Å². The molecule has 16 heavy (non-hydrogen) atoms. The topological polar surface area (TPSA) is 32.3 Å². The highest BCUT2D eigenvalue weighted by molar-refractivity contribution is 5.19. The van der Waals surface area contributed by atoms with Gasteiger partial charge in [0.15, 0.2) is 0 Å². The number of aliphatic hydroxyl groups excluding tert-OH is 1. The molecular formula is C13H18FNO. The predicted molar refractivity (Wildman–Crippen MR) is 61.5 cm³/mol. The molecule has 88 valence electrons. The molecule has 1 fully saturated rings. The van der Waals surface area contributed by atoms with Crippen LogP contribution < -0.4 is 5.32 Å². The van der Waals surface area contributed by atoms with Crippen molar-refractivity contribution in [2.24, 2.45) is 5.92 Å². The Balaban J connectivity index is 1.82. The van der Waals surface area contributed by atoms with Crippen LogP contribution >= 0.6 is 0 Å². The Bertz CT molecular complexity index is 356. The van der Waals surface area contributed by atoms with Crippen molar-refractivity contribution >= 4 is 0 Å². The highest BCUT2D eigenvalue weighted by Crippen LogP contribution is 2.33. The lowest BCUT2D eigenvalue weighted by Gasteiger charge is -2.12. The van der Waals surface area contributed by atoms with Crippen molar-refractivity contribution in [2.75, 3.05) is 6.54 Å². The second-order valence-electron chi connectivity index (χ2n) is 4.49. The fourth-order valence-electron chi connectivity index (χ4n) is 2.04. The average Bonchev–Trinajstić information content (AvgIpc) is 3.04. The van der Waals surface area contributed by atoms with Crippen LogP contribution in [0.2, 0.25) is 0 Å². The van der Waals surface area contributed by atoms with Crippen molar-refractivity contribution in [3.05, 3.63) is 35.6 Å². The maximum atomic E-state index is 12.9. The van der Waals surface area contributed by atoms with Gasteiger partial charge in [0.25, 0.3) is 0 Å². The minimum absolute atomic E-state index is 0.297. The van der Waals surface area contributed by atoms with E-state index in [-0.39, 0.29) is 5.82 Å². The third-order valence-electron chi connectivity index (χ3n) is 3.25. The van der Waals surface area contributed by atoms with Crippen molar-refractivity contribution in [1.29, 1.82) is 0 Å². The first kappa shape index (κ1) is 11.6. The summed E-state index contributed by atoms with van der Waals surface area (Å²) >= 11 is 0. The monoisotopic (exact) mass is 223 g/mol. The van der Waals surface area contributed by atoms with Gasteiger partial charge >= 0.3 is 0 Å². The van der Waals surface area contributed by atoms with Crippen LogP contribution in [0.3, 0.4) is 0 Å². The van der Waals surface area contributed by atoms with E-state index in [0.29, 0.717) is 18.2 Å². The van der Waals surface area contributed by atoms with Crippen LogP contribution in [0.4, 0.5) is 4.39 Å². The predicted octanol–water partition coefficient (Wildman–Crippen LogP) is 2.25. The Hall–Kier alpha value is -0.930. The smallest absolute Gasteiger partial charge is 0.123 e. The molecule has 0 aliphatic heterocycles. The van der Waals surface area contributed by atoms with E-state index in [0.717, 1.165) is 5.92 Å². The normalized spacial score (nSPS) is 25.4. The summed E-state index contributed by atoms with van der Waals surface area (Å²) in [5.41, 5.74) is 0.640. The Kier molecular flexibility index (Phi) is 3.56. The molecule has 0 radical (unpaired) electrons. The van der Waals surface area contributed by atoms with Crippen LogP contribution in [-0.2, 0) is 0 Å². The quantitative estimate of drug-likeness (QED) is 0.802. The molecule has 0 aromatic heterocycles. The molecule has 1 aliphatic carbocycles. The first-order valence-corrected chi connectivity index (χ1v) is 5.87. The van der Waals surface area contributed by atoms with E-state index in [1.807, 2.05) is 0 Å². The minimum atomic E-state index is -0.617. The van der Waals surface area contributed by atoms with E-state index >= 15 is 0 Å². The van der Waals surface area contributed by atoms with Gasteiger partial charge < -0.3 is 10.4 Å². The summed E-state index contributed by atoms with van der Waals surface area (Å²) in [7, 11) is 0. The number of hydrogen-bond donors (Lipinski definition) is 2. The zero-order valence-corrected chi connectivity index (χ0v) is 9.49. The highest BCUT2D eigenvalue weighted by atomic mass is 19.1. The zero-order chi connectivity index (χ0) is 11.5. The largest absolute Gasteiger partial charge is 0.387 e. The fourth-order valence-corrected chi connectivity index (χ4v) is 2.04. The zero-order valence-electron chi connectivity index (χ0n) is 9.49. The first-order valence-electron chi connectivity index (χ1n) is 5.87. The van der Waals surface area contributed by atoms with Gasteiger partial charge in [-0.15, -0.1) is 0 Å². The lowest BCUT2D eigenvalue weighted by atomic mass is 10.1. The van der Waals surface area contributed by atoms with Crippen LogP contribution in [0.25, 0.3) is 0 Å². The number of rotatable bonds is 5. The van der Waals surface area contributed by atoms with Crippen LogP contribution in [0.15, 0.2) is 24.3 Å². The van der Waals surface area contributed by atoms with E-state index < -0.39 is 6.10 Å². The molecule has 1 aliphatic rings. The van der Waals surface area contributed by atoms with Gasteiger partial charge in [-0.1, -0.05) is 25.5 Å². The van der Waals surface area contributed by atoms with Crippen molar-refractivity contribution in [3.63, 3.8) is 0 Å². The molecule has 1 aromatic rings. The van der Waals surface area contributed by atoms with Crippen LogP contribution in [0.5, 0.6) is 0 Å². The summed E-state index contributed by atoms with van der Waals surface area (Å²) in [6.45, 7) is 2.68. The van der Waals surface area contributed by atoms with E-state index in [4.69, 9.17) is 0 Å². The van der Waals surface area contributed by atoms with Gasteiger partial charge in [-0.05, 0) is 30.0 Å². The van der Waals surface area contributed by atoms with Gasteiger partial charge in [-0.2, -0.15) is 0 Å². The maximum Gasteiger partial charge on any atom is 0.123 e. The van der Waals surface area contributed by atoms with Crippen molar-refractivity contribution in [2.45, 2.75) is 31.9 Å². The van der Waals surface area contributed by atoms with Crippen LogP contribution in [-0.4, -0.2) is 17.7 Å². The number of benzene rings is 1. The maximum absolute atomic E-state index is 12.9. The van der Waals surface area contributed by atoms with Crippen molar-refractivity contribution in [1.82, 2.24) is 5.32 Å². The summed E-state index contributed by atoms with van der Waals surface area (Å²) in [6, 6.07) is 6.70. The molecule has 3 unspecified atom stereocenters. The van der Waals surface area contributed by atoms with E-state index in [1.165, 1.54) is 25.0 Å². The molecule has 0 heterocycles. The van der Waals surface area contributed by atoms with Gasteiger partial charge in [0, 0.05) is 12.6 Å². The van der Waals surface area contributed by atoms with Gasteiger partial charge in [0.1, 0.15) is 5.82 Å². The second-order valence-corrected chi connectivity index (χ2v) is 4.49. The third-order valence-corrected chi connectivity index (χ3v) is 3.25. The highest BCUT2D eigenvalue weighted by Gasteiger charge is 2.34. The Morgan fingerprint density at radius 1 is 1.56 bits per heavy atom. The van der Waals surface area contributed by atoms with Crippen molar-refractivity contribution in [3.8, 4) is 0 Å². The number of nitrogens with one attached hydrogen (secondary N) is 1. The summed E-state index contributed by atoms with van der Waals surface area (Å²) in [4.78, 5) is 0. The molecule has 3 atom stereocenters. The Morgan fingerprint density at radius 2 is 2.38 bits per heavy atom. The number of aliphatic hydroxyl groups is 1. The molecule has 2 rings (SSSR count). The summed E-state index contributed by atoms with van der Waals surface area (Å²) in [5.74, 6) is 0.467. The molecule has 0 spiro atoms. The Labute approximate surface area is 95.5 Å². The molecule has 2 N–H and O–H groups in total. The van der Waals surface area contributed by atoms with Crippen LogP contribution in [0.1, 0.15) is 31.4 Å². The Morgan fingerprint density at radius 3 is 3.00 bits per heavy atom. The minimum Gasteiger partial charge on any atom is -0.387 e. The number of halogens is 1. The fraction of sp³-hybridized carbons (Fsp3) is 0.538. The molecule has 0 bridgehead atoms. The summed E-state index contributed by atoms with van der Waals surface area (Å²) in [5, 5.41) is 13.2. The van der Waals surface area contributed by atoms with E-state index in [9.17, 15) is 9.50 Å². The molecule has 1 saturated carbocycles.